The number of phosphoric acid groups is 1. The summed E-state index contributed by atoms with van der Waals surface area (Å²) in [7, 11) is 0.820. The van der Waals surface area contributed by atoms with Crippen LogP contribution in [-0.2, 0) is 18.4 Å². The first-order chi connectivity index (χ1) is 27.9. The van der Waals surface area contributed by atoms with Gasteiger partial charge in [0.05, 0.1) is 34.4 Å². The van der Waals surface area contributed by atoms with Crippen LogP contribution in [0.4, 0.5) is 0 Å². The van der Waals surface area contributed by atoms with E-state index in [1.165, 1.54) is 166 Å². The highest BCUT2D eigenvalue weighted by Crippen LogP contribution is 2.45. The van der Waals surface area contributed by atoms with Gasteiger partial charge in [0.25, 0.3) is 0 Å². The lowest BCUT2D eigenvalue weighted by molar-refractivity contribution is -0.872. The minimum Gasteiger partial charge on any atom is -0.394 e. The molecule has 0 radical (unpaired) electrons. The number of allylic oxidation sites excluding steroid dienone is 11. The van der Waals surface area contributed by atoms with Crippen molar-refractivity contribution in [3.05, 3.63) is 72.9 Å². The van der Waals surface area contributed by atoms with Crippen molar-refractivity contribution in [3.63, 3.8) is 0 Å². The van der Waals surface area contributed by atoms with Crippen LogP contribution in [0.5, 0.6) is 0 Å². The van der Waals surface area contributed by atoms with E-state index in [9.17, 15) is 19.4 Å². The second-order valence-electron chi connectivity index (χ2n) is 16.6. The summed E-state index contributed by atoms with van der Waals surface area (Å²) in [4.78, 5) is 22.5. The normalized spacial score (nSPS) is 14.7. The molecule has 0 heterocycles. The van der Waals surface area contributed by atoms with Crippen LogP contribution in [0.25, 0.3) is 0 Å². The van der Waals surface area contributed by atoms with Crippen molar-refractivity contribution in [1.29, 1.82) is 0 Å². The van der Waals surface area contributed by atoms with Gasteiger partial charge in [-0.05, 0) is 18.9 Å². The average molecular weight is 837 g/mol. The third-order valence-electron chi connectivity index (χ3n) is 9.51. The van der Waals surface area contributed by atoms with Gasteiger partial charge in [-0.1, -0.05) is 235 Å². The Labute approximate surface area is 357 Å². The summed E-state index contributed by atoms with van der Waals surface area (Å²) in [5.41, 5.74) is 0. The number of carbonyl (C=O) groups is 1. The molecule has 0 aliphatic carbocycles. The Kier molecular flexibility index (Phi) is 43.3. The fraction of sp³-hybridized carbons (Fsp3) is 0.735. The number of rotatable bonds is 39. The Hall–Kier alpha value is -1.90. The number of hydrogen-bond donors (Lipinski definition) is 3. The van der Waals surface area contributed by atoms with Crippen LogP contribution in [0.1, 0.15) is 181 Å². The first-order valence-electron chi connectivity index (χ1n) is 23.2. The molecule has 0 bridgehead atoms. The standard InChI is InChI=1S/C30H50NO7P.C19H40/c1-5-6-7-8-9-10-11-12-13-14-15-16-17-18-19-20-21-22-23-24-29(34)30(25-31(2,3)4)38-39(35,36)37-27-28(33)26-32;1-3-5-7-9-11-13-15-17-19-18-16-14-12-10-8-6-4-2/h13-24,28,30,32-33H,5-12,25-27H2,1-4H3;3-19H2,1-2H3/p+1. The van der Waals surface area contributed by atoms with Gasteiger partial charge in [0, 0.05) is 0 Å². The molecule has 0 aliphatic rings. The fourth-order valence-electron chi connectivity index (χ4n) is 6.06. The van der Waals surface area contributed by atoms with Gasteiger partial charge in [-0.15, -0.1) is 0 Å². The molecule has 0 fully saturated rings. The number of likely N-dealkylation sites (N-methyl/N-ethyl adjacent to an activating group) is 1. The van der Waals surface area contributed by atoms with E-state index < -0.39 is 39.0 Å². The predicted molar refractivity (Wildman–Crippen MR) is 249 cm³/mol. The van der Waals surface area contributed by atoms with Gasteiger partial charge >= 0.3 is 7.82 Å². The first-order valence-corrected chi connectivity index (χ1v) is 24.7. The summed E-state index contributed by atoms with van der Waals surface area (Å²) in [5.74, 6) is -0.498. The molecule has 0 rings (SSSR count). The average Bonchev–Trinajstić information content (AvgIpc) is 3.18. The Bertz CT molecular complexity index is 1120. The van der Waals surface area contributed by atoms with E-state index in [0.717, 1.165) is 6.42 Å². The third kappa shape index (κ3) is 46.8. The van der Waals surface area contributed by atoms with Gasteiger partial charge in [0.1, 0.15) is 12.6 Å². The summed E-state index contributed by atoms with van der Waals surface area (Å²) in [5, 5.41) is 18.1. The zero-order valence-corrected chi connectivity index (χ0v) is 39.1. The predicted octanol–water partition coefficient (Wildman–Crippen LogP) is 13.3. The van der Waals surface area contributed by atoms with E-state index in [-0.39, 0.29) is 6.54 Å². The summed E-state index contributed by atoms with van der Waals surface area (Å²) in [6, 6.07) is 0. The zero-order chi connectivity index (χ0) is 43.4. The minimum atomic E-state index is -4.62. The quantitative estimate of drug-likeness (QED) is 0.0186. The first kappa shape index (κ1) is 58.2. The van der Waals surface area contributed by atoms with E-state index in [1.807, 2.05) is 57.6 Å². The Morgan fingerprint density at radius 3 is 1.28 bits per heavy atom. The lowest BCUT2D eigenvalue weighted by atomic mass is 10.0. The molecule has 0 spiro atoms. The van der Waals surface area contributed by atoms with Crippen molar-refractivity contribution in [2.75, 3.05) is 40.9 Å². The summed E-state index contributed by atoms with van der Waals surface area (Å²) < 4.78 is 22.2. The molecule has 0 aromatic heterocycles. The Balaban J connectivity index is 0. The molecule has 3 N–H and O–H groups in total. The van der Waals surface area contributed by atoms with Crippen molar-refractivity contribution >= 4 is 13.6 Å². The van der Waals surface area contributed by atoms with Crippen LogP contribution in [0.15, 0.2) is 72.9 Å². The van der Waals surface area contributed by atoms with E-state index in [2.05, 4.69) is 37.4 Å². The molecule has 58 heavy (non-hydrogen) atoms. The van der Waals surface area contributed by atoms with Crippen molar-refractivity contribution in [3.8, 4) is 0 Å². The van der Waals surface area contributed by atoms with Gasteiger partial charge < -0.3 is 19.6 Å². The second kappa shape index (κ2) is 43.2. The fourth-order valence-corrected chi connectivity index (χ4v) is 6.97. The highest BCUT2D eigenvalue weighted by Gasteiger charge is 2.34. The molecule has 0 aromatic carbocycles. The third-order valence-corrected chi connectivity index (χ3v) is 10.5. The van der Waals surface area contributed by atoms with Gasteiger partial charge in [-0.25, -0.2) is 4.57 Å². The highest BCUT2D eigenvalue weighted by molar-refractivity contribution is 7.47. The number of unbranched alkanes of at least 4 members (excludes halogenated alkanes) is 23. The van der Waals surface area contributed by atoms with Crippen molar-refractivity contribution in [1.82, 2.24) is 0 Å². The number of aliphatic hydroxyl groups is 2. The van der Waals surface area contributed by atoms with E-state index >= 15 is 0 Å². The summed E-state index contributed by atoms with van der Waals surface area (Å²) in [6.45, 7) is 5.73. The molecule has 0 aromatic rings. The van der Waals surface area contributed by atoms with Crippen molar-refractivity contribution in [2.24, 2.45) is 0 Å². The summed E-state index contributed by atoms with van der Waals surface area (Å²) >= 11 is 0. The van der Waals surface area contributed by atoms with E-state index in [1.54, 1.807) is 12.2 Å². The van der Waals surface area contributed by atoms with Crippen LogP contribution in [0.2, 0.25) is 0 Å². The maximum atomic E-state index is 12.6. The minimum absolute atomic E-state index is 0.121. The van der Waals surface area contributed by atoms with Crippen molar-refractivity contribution in [2.45, 2.75) is 193 Å². The molecule has 3 atom stereocenters. The smallest absolute Gasteiger partial charge is 0.394 e. The van der Waals surface area contributed by atoms with Crippen LogP contribution >= 0.6 is 7.82 Å². The number of aliphatic hydroxyl groups excluding tert-OH is 2. The Morgan fingerprint density at radius 2 is 0.914 bits per heavy atom. The highest BCUT2D eigenvalue weighted by atomic mass is 31.2. The number of carbonyl (C=O) groups excluding carboxylic acids is 1. The topological polar surface area (TPSA) is 113 Å². The summed E-state index contributed by atoms with van der Waals surface area (Å²) in [6.07, 6.45) is 54.7. The number of quaternary nitrogens is 1. The lowest BCUT2D eigenvalue weighted by Crippen LogP contribution is -2.45. The number of phosphoric ester groups is 1. The molecule has 3 unspecified atom stereocenters. The van der Waals surface area contributed by atoms with Gasteiger partial charge in [-0.3, -0.25) is 13.8 Å². The zero-order valence-electron chi connectivity index (χ0n) is 38.3. The maximum absolute atomic E-state index is 12.6. The van der Waals surface area contributed by atoms with Crippen LogP contribution in [0, 0.1) is 0 Å². The van der Waals surface area contributed by atoms with E-state index in [0.29, 0.717) is 4.48 Å². The second-order valence-corrected chi connectivity index (χ2v) is 18.0. The maximum Gasteiger partial charge on any atom is 0.473 e. The monoisotopic (exact) mass is 837 g/mol. The molecular weight excluding hydrogens is 746 g/mol. The SMILES string of the molecule is CCCCCCCCCC=CC=CC=CC=CC=CC=CC(=O)C(C[N+](C)(C)C)OP(=O)(O)OCC(O)CO.CCCCCCCCCCCCCCCCCCC. The van der Waals surface area contributed by atoms with E-state index in [4.69, 9.17) is 9.63 Å². The van der Waals surface area contributed by atoms with Crippen LogP contribution in [-0.4, -0.2) is 78.5 Å². The van der Waals surface area contributed by atoms with Crippen molar-refractivity contribution < 1.29 is 38.0 Å². The molecule has 0 saturated heterocycles. The molecule has 0 saturated carbocycles. The Morgan fingerprint density at radius 1 is 0.569 bits per heavy atom. The number of ketones is 1. The number of hydrogen-bond acceptors (Lipinski definition) is 6. The van der Waals surface area contributed by atoms with Gasteiger partial charge in [-0.2, -0.15) is 0 Å². The largest absolute Gasteiger partial charge is 0.473 e. The molecule has 8 nitrogen and oxygen atoms in total. The van der Waals surface area contributed by atoms with Crippen LogP contribution in [0.3, 0.4) is 0 Å². The molecule has 0 amide bonds. The molecular formula is C49H91NO7P+. The molecule has 0 aliphatic heterocycles. The van der Waals surface area contributed by atoms with Gasteiger partial charge in [0.2, 0.25) is 0 Å². The molecule has 9 heteroatoms. The number of nitrogens with zero attached hydrogens (tertiary/aromatic N) is 1. The van der Waals surface area contributed by atoms with Gasteiger partial charge in [0.15, 0.2) is 11.9 Å². The molecule has 338 valence electrons. The van der Waals surface area contributed by atoms with Crippen LogP contribution < -0.4 is 0 Å². The lowest BCUT2D eigenvalue weighted by Gasteiger charge is -2.28.